The number of carbonyl (C=O) groups excluding carboxylic acids is 3. The number of rotatable bonds is 4. The van der Waals surface area contributed by atoms with Crippen molar-refractivity contribution < 1.29 is 19.1 Å². The van der Waals surface area contributed by atoms with E-state index in [4.69, 9.17) is 4.74 Å². The van der Waals surface area contributed by atoms with Crippen molar-refractivity contribution in [1.29, 1.82) is 0 Å². The van der Waals surface area contributed by atoms with Gasteiger partial charge in [0.25, 0.3) is 0 Å². The average molecular weight is 474 g/mol. The van der Waals surface area contributed by atoms with Gasteiger partial charge in [0.05, 0.1) is 24.6 Å². The molecule has 0 bridgehead atoms. The SMILES string of the molecule is COc1ccccc1NC(=O)CN1C(=O)[C@H]2C[C@H](Br)[C@@H](Br)C[C@H]2C1=O. The molecule has 1 aliphatic heterocycles. The summed E-state index contributed by atoms with van der Waals surface area (Å²) in [6, 6.07) is 6.99. The van der Waals surface area contributed by atoms with Gasteiger partial charge in [-0.3, -0.25) is 19.3 Å². The van der Waals surface area contributed by atoms with Gasteiger partial charge in [0.1, 0.15) is 12.3 Å². The first-order chi connectivity index (χ1) is 11.9. The number of amides is 3. The van der Waals surface area contributed by atoms with Crippen molar-refractivity contribution in [3.8, 4) is 5.75 Å². The molecule has 2 aliphatic rings. The number of nitrogens with zero attached hydrogens (tertiary/aromatic N) is 1. The predicted molar refractivity (Wildman–Crippen MR) is 100.0 cm³/mol. The molecular weight excluding hydrogens is 456 g/mol. The Labute approximate surface area is 162 Å². The highest BCUT2D eigenvalue weighted by atomic mass is 79.9. The van der Waals surface area contributed by atoms with Crippen molar-refractivity contribution in [3.05, 3.63) is 24.3 Å². The molecule has 3 amide bonds. The third kappa shape index (κ3) is 3.60. The van der Waals surface area contributed by atoms with Crippen LogP contribution in [0.1, 0.15) is 12.8 Å². The van der Waals surface area contributed by atoms with Crippen LogP contribution in [-0.4, -0.2) is 45.9 Å². The minimum atomic E-state index is -0.421. The van der Waals surface area contributed by atoms with Gasteiger partial charge in [-0.05, 0) is 25.0 Å². The van der Waals surface area contributed by atoms with Crippen LogP contribution in [0.3, 0.4) is 0 Å². The molecule has 6 nitrogen and oxygen atoms in total. The van der Waals surface area contributed by atoms with Crippen LogP contribution in [0.2, 0.25) is 0 Å². The second-order valence-corrected chi connectivity index (χ2v) is 8.58. The number of hydrogen-bond donors (Lipinski definition) is 1. The number of likely N-dealkylation sites (tertiary alicyclic amines) is 1. The summed E-state index contributed by atoms with van der Waals surface area (Å²) >= 11 is 7.09. The molecule has 1 N–H and O–H groups in total. The molecule has 0 spiro atoms. The highest BCUT2D eigenvalue weighted by Gasteiger charge is 2.52. The zero-order valence-corrected chi connectivity index (χ0v) is 16.7. The topological polar surface area (TPSA) is 75.7 Å². The fourth-order valence-corrected chi connectivity index (χ4v) is 4.64. The van der Waals surface area contributed by atoms with Crippen LogP contribution in [0.15, 0.2) is 24.3 Å². The maximum atomic E-state index is 12.6. The largest absolute Gasteiger partial charge is 0.495 e. The molecule has 0 unspecified atom stereocenters. The number of fused-ring (bicyclic) bond motifs is 1. The highest BCUT2D eigenvalue weighted by Crippen LogP contribution is 2.43. The zero-order valence-electron chi connectivity index (χ0n) is 13.6. The number of nitrogens with one attached hydrogen (secondary N) is 1. The maximum absolute atomic E-state index is 12.6. The lowest BCUT2D eigenvalue weighted by Gasteiger charge is -2.29. The summed E-state index contributed by atoms with van der Waals surface area (Å²) in [5.74, 6) is -1.10. The van der Waals surface area contributed by atoms with E-state index in [9.17, 15) is 14.4 Å². The molecule has 25 heavy (non-hydrogen) atoms. The molecule has 1 saturated carbocycles. The van der Waals surface area contributed by atoms with Crippen LogP contribution < -0.4 is 10.1 Å². The van der Waals surface area contributed by atoms with Crippen LogP contribution in [-0.2, 0) is 14.4 Å². The molecule has 1 saturated heterocycles. The molecule has 3 rings (SSSR count). The van der Waals surface area contributed by atoms with E-state index in [0.717, 1.165) is 4.90 Å². The Morgan fingerprint density at radius 3 is 2.28 bits per heavy atom. The standard InChI is InChI=1S/C17H18Br2N2O4/c1-25-14-5-3-2-4-13(14)20-15(22)8-21-16(23)9-6-11(18)12(19)7-10(9)17(21)24/h2-5,9-12H,6-8H2,1H3,(H,20,22)/t9-,10+,11-,12-/m0/s1. The minimum absolute atomic E-state index is 0.146. The van der Waals surface area contributed by atoms with Gasteiger partial charge in [-0.1, -0.05) is 44.0 Å². The lowest BCUT2D eigenvalue weighted by Crippen LogP contribution is -2.38. The van der Waals surface area contributed by atoms with E-state index >= 15 is 0 Å². The fraction of sp³-hybridized carbons (Fsp3) is 0.471. The normalized spacial score (nSPS) is 28.7. The number of anilines is 1. The minimum Gasteiger partial charge on any atom is -0.495 e. The van der Waals surface area contributed by atoms with E-state index in [1.807, 2.05) is 0 Å². The molecule has 1 aromatic rings. The molecule has 2 fully saturated rings. The molecule has 1 aromatic carbocycles. The number of imide groups is 1. The Balaban J connectivity index is 1.69. The molecule has 4 atom stereocenters. The number of alkyl halides is 2. The smallest absolute Gasteiger partial charge is 0.244 e. The molecule has 1 heterocycles. The number of methoxy groups -OCH3 is 1. The van der Waals surface area contributed by atoms with Crippen LogP contribution in [0.4, 0.5) is 5.69 Å². The zero-order chi connectivity index (χ0) is 18.1. The third-order valence-electron chi connectivity index (χ3n) is 4.69. The summed E-state index contributed by atoms with van der Waals surface area (Å²) in [5.41, 5.74) is 0.507. The summed E-state index contributed by atoms with van der Waals surface area (Å²) < 4.78 is 5.19. The molecule has 0 radical (unpaired) electrons. The molecular formula is C17H18Br2N2O4. The molecule has 0 aromatic heterocycles. The lowest BCUT2D eigenvalue weighted by molar-refractivity contribution is -0.142. The van der Waals surface area contributed by atoms with Gasteiger partial charge in [-0.25, -0.2) is 0 Å². The number of benzene rings is 1. The highest BCUT2D eigenvalue weighted by molar-refractivity contribution is 9.12. The lowest BCUT2D eigenvalue weighted by atomic mass is 9.81. The first-order valence-corrected chi connectivity index (χ1v) is 9.81. The van der Waals surface area contributed by atoms with Crippen molar-refractivity contribution in [1.82, 2.24) is 4.90 Å². The molecule has 1 aliphatic carbocycles. The molecule has 8 heteroatoms. The second-order valence-electron chi connectivity index (χ2n) is 6.23. The molecule has 134 valence electrons. The average Bonchev–Trinajstić information content (AvgIpc) is 2.81. The van der Waals surface area contributed by atoms with Gasteiger partial charge >= 0.3 is 0 Å². The summed E-state index contributed by atoms with van der Waals surface area (Å²) in [7, 11) is 1.51. The number of carbonyl (C=O) groups is 3. The van der Waals surface area contributed by atoms with Crippen molar-refractivity contribution in [2.45, 2.75) is 22.5 Å². The van der Waals surface area contributed by atoms with Crippen molar-refractivity contribution in [2.75, 3.05) is 19.0 Å². The van der Waals surface area contributed by atoms with E-state index in [1.165, 1.54) is 7.11 Å². The van der Waals surface area contributed by atoms with E-state index in [-0.39, 0.29) is 39.8 Å². The summed E-state index contributed by atoms with van der Waals surface area (Å²) in [5, 5.41) is 2.70. The van der Waals surface area contributed by atoms with Gasteiger partial charge in [-0.15, -0.1) is 0 Å². The Morgan fingerprint density at radius 2 is 1.72 bits per heavy atom. The van der Waals surface area contributed by atoms with Crippen molar-refractivity contribution in [2.24, 2.45) is 11.8 Å². The monoisotopic (exact) mass is 472 g/mol. The number of halogens is 2. The van der Waals surface area contributed by atoms with Gasteiger partial charge in [0.15, 0.2) is 0 Å². The van der Waals surface area contributed by atoms with E-state index in [0.29, 0.717) is 24.3 Å². The van der Waals surface area contributed by atoms with Crippen LogP contribution in [0.25, 0.3) is 0 Å². The van der Waals surface area contributed by atoms with Gasteiger partial charge < -0.3 is 10.1 Å². The Morgan fingerprint density at radius 1 is 1.16 bits per heavy atom. The van der Waals surface area contributed by atoms with Crippen LogP contribution in [0.5, 0.6) is 5.75 Å². The first kappa shape index (κ1) is 18.4. The first-order valence-electron chi connectivity index (χ1n) is 7.98. The Hall–Kier alpha value is -1.41. The fourth-order valence-electron chi connectivity index (χ4n) is 3.40. The van der Waals surface area contributed by atoms with E-state index in [1.54, 1.807) is 24.3 Å². The summed E-state index contributed by atoms with van der Waals surface area (Å²) in [4.78, 5) is 38.9. The number of para-hydroxylation sites is 2. The predicted octanol–water partition coefficient (Wildman–Crippen LogP) is 2.56. The van der Waals surface area contributed by atoms with Gasteiger partial charge in [0.2, 0.25) is 17.7 Å². The number of hydrogen-bond acceptors (Lipinski definition) is 4. The quantitative estimate of drug-likeness (QED) is 0.538. The summed E-state index contributed by atoms with van der Waals surface area (Å²) in [6.07, 6.45) is 1.19. The van der Waals surface area contributed by atoms with Crippen molar-refractivity contribution in [3.63, 3.8) is 0 Å². The third-order valence-corrected chi connectivity index (χ3v) is 7.42. The van der Waals surface area contributed by atoms with Crippen LogP contribution >= 0.6 is 31.9 Å². The summed E-state index contributed by atoms with van der Waals surface area (Å²) in [6.45, 7) is -0.275. The second kappa shape index (κ2) is 7.45. The maximum Gasteiger partial charge on any atom is 0.244 e. The van der Waals surface area contributed by atoms with Crippen molar-refractivity contribution >= 4 is 55.3 Å². The number of ether oxygens (including phenoxy) is 1. The van der Waals surface area contributed by atoms with E-state index < -0.39 is 5.91 Å². The van der Waals surface area contributed by atoms with Crippen LogP contribution in [0, 0.1) is 11.8 Å². The van der Waals surface area contributed by atoms with Gasteiger partial charge in [-0.2, -0.15) is 0 Å². The Bertz CT molecular complexity index is 684. The Kier molecular flexibility index (Phi) is 5.48. The van der Waals surface area contributed by atoms with Gasteiger partial charge in [0, 0.05) is 9.65 Å². The van der Waals surface area contributed by atoms with E-state index in [2.05, 4.69) is 37.2 Å².